The molecule has 1 fully saturated rings. The molecule has 2 N–H and O–H groups in total. The van der Waals surface area contributed by atoms with E-state index in [0.717, 1.165) is 11.1 Å². The first-order chi connectivity index (χ1) is 8.27. The van der Waals surface area contributed by atoms with Gasteiger partial charge in [0.05, 0.1) is 0 Å². The Balaban J connectivity index is 2.13. The van der Waals surface area contributed by atoms with E-state index in [1.165, 1.54) is 37.9 Å². The average Bonchev–Trinajstić information content (AvgIpc) is 2.69. The van der Waals surface area contributed by atoms with E-state index in [0.29, 0.717) is 11.7 Å². The number of rotatable bonds is 1. The van der Waals surface area contributed by atoms with Crippen LogP contribution in [-0.4, -0.2) is 22.2 Å². The maximum atomic E-state index is 5.93. The summed E-state index contributed by atoms with van der Waals surface area (Å²) >= 11 is 0. The monoisotopic (exact) mass is 228 g/mol. The number of aromatic nitrogens is 3. The van der Waals surface area contributed by atoms with Crippen LogP contribution in [0.4, 0.5) is 5.82 Å². The van der Waals surface area contributed by atoms with Gasteiger partial charge in [0.1, 0.15) is 17.2 Å². The number of hydrogen-bond donors (Lipinski definition) is 1. The van der Waals surface area contributed by atoms with Crippen molar-refractivity contribution in [2.75, 3.05) is 5.73 Å². The van der Waals surface area contributed by atoms with Crippen LogP contribution in [0.3, 0.4) is 0 Å². The fraction of sp³-hybridized carbons (Fsp3) is 0.500. The topological polar surface area (TPSA) is 56.2 Å². The molecule has 0 saturated heterocycles. The van der Waals surface area contributed by atoms with Crippen LogP contribution in [0.15, 0.2) is 12.4 Å². The highest BCUT2D eigenvalue weighted by Gasteiger charge is 2.21. The Bertz CT molecular complexity index is 543. The Morgan fingerprint density at radius 1 is 1.29 bits per heavy atom. The molecule has 1 aliphatic carbocycles. The minimum Gasteiger partial charge on any atom is -0.382 e. The van der Waals surface area contributed by atoms with E-state index in [1.54, 1.807) is 6.20 Å². The van der Waals surface area contributed by atoms with Gasteiger partial charge in [-0.2, -0.15) is 0 Å². The zero-order valence-corrected chi connectivity index (χ0v) is 10.2. The maximum Gasteiger partial charge on any atom is 0.167 e. The molecule has 0 aromatic carbocycles. The summed E-state index contributed by atoms with van der Waals surface area (Å²) in [6, 6.07) is 0. The molecule has 0 atom stereocenters. The van der Waals surface area contributed by atoms with Crippen LogP contribution in [0, 0.1) is 0 Å². The molecular formula is C12H17BN4. The lowest BCUT2D eigenvalue weighted by molar-refractivity contribution is 0.428. The molecule has 0 unspecified atom stereocenters. The van der Waals surface area contributed by atoms with Gasteiger partial charge in [-0.25, -0.2) is 9.97 Å². The van der Waals surface area contributed by atoms with Gasteiger partial charge < -0.3 is 5.73 Å². The van der Waals surface area contributed by atoms with Gasteiger partial charge in [0.15, 0.2) is 7.85 Å². The molecule has 1 saturated carbocycles. The van der Waals surface area contributed by atoms with Crippen LogP contribution in [-0.2, 0) is 0 Å². The lowest BCUT2D eigenvalue weighted by Gasteiger charge is -2.20. The first-order valence-corrected chi connectivity index (χ1v) is 6.36. The molecule has 88 valence electrons. The maximum absolute atomic E-state index is 5.93. The van der Waals surface area contributed by atoms with E-state index in [2.05, 4.69) is 9.38 Å². The predicted octanol–water partition coefficient (Wildman–Crippen LogP) is 0.618. The number of imidazole rings is 1. The van der Waals surface area contributed by atoms with E-state index < -0.39 is 0 Å². The molecule has 0 aliphatic heterocycles. The number of nitrogen functional groups attached to an aromatic ring is 1. The second-order valence-electron chi connectivity index (χ2n) is 4.92. The highest BCUT2D eigenvalue weighted by molar-refractivity contribution is 6.36. The molecular weight excluding hydrogens is 211 g/mol. The third-order valence-electron chi connectivity index (χ3n) is 3.75. The van der Waals surface area contributed by atoms with Crippen molar-refractivity contribution in [1.82, 2.24) is 14.4 Å². The van der Waals surface area contributed by atoms with E-state index >= 15 is 0 Å². The van der Waals surface area contributed by atoms with Crippen molar-refractivity contribution in [3.63, 3.8) is 0 Å². The van der Waals surface area contributed by atoms with Gasteiger partial charge in [0.25, 0.3) is 0 Å². The minimum absolute atomic E-state index is 0.583. The Labute approximate surface area is 102 Å². The van der Waals surface area contributed by atoms with Crippen molar-refractivity contribution >= 4 is 24.8 Å². The second-order valence-corrected chi connectivity index (χ2v) is 4.92. The van der Waals surface area contributed by atoms with Crippen molar-refractivity contribution in [1.29, 1.82) is 0 Å². The van der Waals surface area contributed by atoms with E-state index in [1.807, 2.05) is 14.0 Å². The fourth-order valence-corrected chi connectivity index (χ4v) is 2.92. The van der Waals surface area contributed by atoms with E-state index in [4.69, 9.17) is 10.7 Å². The summed E-state index contributed by atoms with van der Waals surface area (Å²) in [6.07, 6.45) is 10.2. The molecule has 2 aromatic rings. The molecule has 2 aromatic heterocycles. The van der Waals surface area contributed by atoms with Gasteiger partial charge in [-0.15, -0.1) is 0 Å². The summed E-state index contributed by atoms with van der Waals surface area (Å²) in [7, 11) is 2.01. The van der Waals surface area contributed by atoms with Crippen LogP contribution < -0.4 is 11.3 Å². The van der Waals surface area contributed by atoms with Crippen LogP contribution in [0.25, 0.3) is 5.52 Å². The smallest absolute Gasteiger partial charge is 0.167 e. The van der Waals surface area contributed by atoms with Crippen LogP contribution >= 0.6 is 0 Å². The zero-order chi connectivity index (χ0) is 11.8. The normalized spacial score (nSPS) is 17.6. The van der Waals surface area contributed by atoms with Crippen molar-refractivity contribution in [3.05, 3.63) is 18.2 Å². The molecule has 5 heteroatoms. The Morgan fingerprint density at radius 3 is 2.82 bits per heavy atom. The Morgan fingerprint density at radius 2 is 2.06 bits per heavy atom. The highest BCUT2D eigenvalue weighted by Crippen LogP contribution is 2.32. The van der Waals surface area contributed by atoms with Gasteiger partial charge >= 0.3 is 0 Å². The molecule has 3 rings (SSSR count). The van der Waals surface area contributed by atoms with Crippen LogP contribution in [0.5, 0.6) is 0 Å². The Hall–Kier alpha value is -1.52. The lowest BCUT2D eigenvalue weighted by Crippen LogP contribution is -2.09. The predicted molar refractivity (Wildman–Crippen MR) is 71.4 cm³/mol. The second kappa shape index (κ2) is 4.06. The van der Waals surface area contributed by atoms with Gasteiger partial charge in [0.2, 0.25) is 0 Å². The number of nitrogens with two attached hydrogens (primary N) is 1. The van der Waals surface area contributed by atoms with Crippen molar-refractivity contribution in [2.45, 2.75) is 38.0 Å². The summed E-state index contributed by atoms with van der Waals surface area (Å²) in [4.78, 5) is 8.86. The van der Waals surface area contributed by atoms with Gasteiger partial charge in [-0.1, -0.05) is 19.3 Å². The first kappa shape index (κ1) is 10.6. The molecule has 1 aliphatic rings. The van der Waals surface area contributed by atoms with Crippen molar-refractivity contribution in [2.24, 2.45) is 0 Å². The third kappa shape index (κ3) is 1.70. The fourth-order valence-electron chi connectivity index (χ4n) is 2.92. The van der Waals surface area contributed by atoms with Gasteiger partial charge in [-0.05, 0) is 12.8 Å². The molecule has 0 radical (unpaired) electrons. The number of hydrogen-bond acceptors (Lipinski definition) is 3. The molecule has 0 spiro atoms. The number of nitrogens with zero attached hydrogens (tertiary/aromatic N) is 3. The SMILES string of the molecule is Bc1nc(C2CCCCC2)n2ccnc(N)c12. The standard InChI is InChI=1S/C12H17BN4/c13-10-9-11(14)15-6-7-17(9)12(16-10)8-4-2-1-3-5-8/h6-8H,1-5,13H2,(H2,14,15). The lowest BCUT2D eigenvalue weighted by atomic mass is 9.89. The molecule has 0 amide bonds. The van der Waals surface area contributed by atoms with Gasteiger partial charge in [0, 0.05) is 23.9 Å². The molecule has 17 heavy (non-hydrogen) atoms. The number of fused-ring (bicyclic) bond motifs is 1. The summed E-state index contributed by atoms with van der Waals surface area (Å²) < 4.78 is 2.13. The summed E-state index contributed by atoms with van der Waals surface area (Å²) in [5, 5.41) is 0. The molecule has 0 bridgehead atoms. The molecule has 4 nitrogen and oxygen atoms in total. The molecule has 2 heterocycles. The van der Waals surface area contributed by atoms with Gasteiger partial charge in [-0.3, -0.25) is 4.40 Å². The minimum atomic E-state index is 0.583. The summed E-state index contributed by atoms with van der Waals surface area (Å²) in [6.45, 7) is 0. The van der Waals surface area contributed by atoms with Crippen molar-refractivity contribution < 1.29 is 0 Å². The first-order valence-electron chi connectivity index (χ1n) is 6.36. The third-order valence-corrected chi connectivity index (χ3v) is 3.75. The summed E-state index contributed by atoms with van der Waals surface area (Å²) in [5.74, 6) is 2.35. The van der Waals surface area contributed by atoms with E-state index in [9.17, 15) is 0 Å². The van der Waals surface area contributed by atoms with Crippen LogP contribution in [0.1, 0.15) is 43.8 Å². The quantitative estimate of drug-likeness (QED) is 0.728. The largest absolute Gasteiger partial charge is 0.382 e. The Kier molecular flexibility index (Phi) is 2.54. The van der Waals surface area contributed by atoms with Crippen molar-refractivity contribution in [3.8, 4) is 0 Å². The van der Waals surface area contributed by atoms with Crippen LogP contribution in [0.2, 0.25) is 0 Å². The highest BCUT2D eigenvalue weighted by atomic mass is 15.1. The number of anilines is 1. The van der Waals surface area contributed by atoms with E-state index in [-0.39, 0.29) is 0 Å². The zero-order valence-electron chi connectivity index (χ0n) is 10.2. The average molecular weight is 228 g/mol. The summed E-state index contributed by atoms with van der Waals surface area (Å²) in [5.41, 5.74) is 7.90.